The first-order chi connectivity index (χ1) is 6.77. The second kappa shape index (κ2) is 3.82. The van der Waals surface area contributed by atoms with Gasteiger partial charge in [-0.05, 0) is 31.0 Å². The van der Waals surface area contributed by atoms with E-state index < -0.39 is 0 Å². The van der Waals surface area contributed by atoms with Gasteiger partial charge in [-0.1, -0.05) is 13.3 Å². The highest BCUT2D eigenvalue weighted by atomic mass is 32.1. The van der Waals surface area contributed by atoms with Crippen LogP contribution in [0.25, 0.3) is 0 Å². The molecule has 14 heavy (non-hydrogen) atoms. The molecule has 0 radical (unpaired) electrons. The highest BCUT2D eigenvalue weighted by Crippen LogP contribution is 2.46. The van der Waals surface area contributed by atoms with E-state index in [1.54, 1.807) is 0 Å². The third-order valence-corrected chi connectivity index (χ3v) is 3.08. The molecule has 0 aromatic carbocycles. The molecule has 78 valence electrons. The van der Waals surface area contributed by atoms with Gasteiger partial charge in [-0.25, -0.2) is 0 Å². The van der Waals surface area contributed by atoms with Crippen LogP contribution in [0.2, 0.25) is 0 Å². The lowest BCUT2D eigenvalue weighted by molar-refractivity contribution is 0.263. The van der Waals surface area contributed by atoms with Crippen LogP contribution in [-0.4, -0.2) is 19.9 Å². The topological polar surface area (TPSA) is 53.8 Å². The van der Waals surface area contributed by atoms with Gasteiger partial charge in [-0.2, -0.15) is 5.10 Å². The monoisotopic (exact) mass is 213 g/mol. The number of hydrogen-bond donors (Lipinski definition) is 2. The van der Waals surface area contributed by atoms with Crippen LogP contribution in [0.15, 0.2) is 0 Å². The van der Waals surface area contributed by atoms with Crippen molar-refractivity contribution >= 4 is 12.2 Å². The van der Waals surface area contributed by atoms with E-state index in [9.17, 15) is 0 Å². The molecule has 2 atom stereocenters. The van der Waals surface area contributed by atoms with Crippen molar-refractivity contribution in [1.29, 1.82) is 0 Å². The molecule has 2 unspecified atom stereocenters. The molecule has 4 nitrogen and oxygen atoms in total. The number of aliphatic hydroxyl groups excluding tert-OH is 1. The molecule has 1 saturated carbocycles. The second-order valence-corrected chi connectivity index (χ2v) is 4.21. The maximum absolute atomic E-state index is 9.07. The fourth-order valence-electron chi connectivity index (χ4n) is 2.02. The Kier molecular flexibility index (Phi) is 2.69. The van der Waals surface area contributed by atoms with Crippen LogP contribution in [0.1, 0.15) is 38.1 Å². The van der Waals surface area contributed by atoms with Crippen LogP contribution in [0.4, 0.5) is 0 Å². The Morgan fingerprint density at radius 1 is 1.71 bits per heavy atom. The Labute approximate surface area is 88.0 Å². The Balaban J connectivity index is 2.17. The molecule has 2 rings (SSSR count). The highest BCUT2D eigenvalue weighted by Gasteiger charge is 2.39. The molecule has 1 aromatic heterocycles. The fraction of sp³-hybridized carbons (Fsp3) is 0.778. The predicted molar refractivity (Wildman–Crippen MR) is 55.4 cm³/mol. The van der Waals surface area contributed by atoms with E-state index in [1.165, 1.54) is 19.3 Å². The van der Waals surface area contributed by atoms with Crippen molar-refractivity contribution < 1.29 is 5.11 Å². The molecule has 0 aliphatic heterocycles. The van der Waals surface area contributed by atoms with E-state index in [0.717, 1.165) is 5.92 Å². The second-order valence-electron chi connectivity index (χ2n) is 3.82. The van der Waals surface area contributed by atoms with E-state index >= 15 is 0 Å². The minimum Gasteiger partial charge on any atom is -0.388 e. The molecule has 1 aliphatic carbocycles. The van der Waals surface area contributed by atoms with Gasteiger partial charge >= 0.3 is 0 Å². The minimum absolute atomic E-state index is 0.0392. The first-order valence-corrected chi connectivity index (χ1v) is 5.45. The molecule has 1 aromatic rings. The zero-order chi connectivity index (χ0) is 10.1. The molecule has 5 heteroatoms. The molecule has 0 bridgehead atoms. The normalized spacial score (nSPS) is 25.3. The number of hydrogen-bond acceptors (Lipinski definition) is 3. The zero-order valence-corrected chi connectivity index (χ0v) is 9.05. The summed E-state index contributed by atoms with van der Waals surface area (Å²) in [4.78, 5) is 0. The van der Waals surface area contributed by atoms with Crippen molar-refractivity contribution in [3.63, 3.8) is 0 Å². The number of nitrogens with one attached hydrogen (secondary N) is 1. The van der Waals surface area contributed by atoms with Crippen LogP contribution in [0.5, 0.6) is 0 Å². The van der Waals surface area contributed by atoms with Gasteiger partial charge in [-0.15, -0.1) is 0 Å². The predicted octanol–water partition coefficient (Wildman–Crippen LogP) is 1.79. The van der Waals surface area contributed by atoms with Crippen molar-refractivity contribution in [2.75, 3.05) is 0 Å². The van der Waals surface area contributed by atoms with Gasteiger partial charge in [0.15, 0.2) is 10.6 Å². The van der Waals surface area contributed by atoms with Crippen LogP contribution in [-0.2, 0) is 6.61 Å². The molecule has 0 spiro atoms. The van der Waals surface area contributed by atoms with Crippen LogP contribution in [0.3, 0.4) is 0 Å². The molecule has 1 fully saturated rings. The van der Waals surface area contributed by atoms with Gasteiger partial charge in [0.2, 0.25) is 0 Å². The molecule has 0 amide bonds. The lowest BCUT2D eigenvalue weighted by Gasteiger charge is -2.03. The lowest BCUT2D eigenvalue weighted by atomic mass is 10.2. The van der Waals surface area contributed by atoms with E-state index in [1.807, 2.05) is 4.57 Å². The van der Waals surface area contributed by atoms with Crippen LogP contribution in [0, 0.1) is 10.7 Å². The number of nitrogens with zero attached hydrogens (tertiary/aromatic N) is 2. The van der Waals surface area contributed by atoms with Gasteiger partial charge in [0.1, 0.15) is 6.61 Å². The summed E-state index contributed by atoms with van der Waals surface area (Å²) in [5, 5.41) is 15.8. The SMILES string of the molecule is CCCC1CC1n1c(CO)n[nH]c1=S. The van der Waals surface area contributed by atoms with E-state index in [2.05, 4.69) is 17.1 Å². The number of aliphatic hydroxyl groups is 1. The van der Waals surface area contributed by atoms with Crippen molar-refractivity contribution in [1.82, 2.24) is 14.8 Å². The Bertz CT molecular complexity index is 370. The summed E-state index contributed by atoms with van der Waals surface area (Å²) in [6.45, 7) is 2.15. The third-order valence-electron chi connectivity index (χ3n) is 2.80. The minimum atomic E-state index is -0.0392. The molecule has 0 saturated heterocycles. The molecular formula is C9H15N3OS. The van der Waals surface area contributed by atoms with Crippen LogP contribution < -0.4 is 0 Å². The Morgan fingerprint density at radius 2 is 2.50 bits per heavy atom. The van der Waals surface area contributed by atoms with E-state index in [0.29, 0.717) is 16.6 Å². The van der Waals surface area contributed by atoms with Gasteiger partial charge < -0.3 is 5.11 Å². The average Bonchev–Trinajstić information content (AvgIpc) is 2.82. The number of aromatic nitrogens is 3. The summed E-state index contributed by atoms with van der Waals surface area (Å²) in [6.07, 6.45) is 3.62. The summed E-state index contributed by atoms with van der Waals surface area (Å²) in [7, 11) is 0. The summed E-state index contributed by atoms with van der Waals surface area (Å²) in [5.41, 5.74) is 0. The Hall–Kier alpha value is -0.680. The average molecular weight is 213 g/mol. The van der Waals surface area contributed by atoms with E-state index in [-0.39, 0.29) is 6.61 Å². The maximum Gasteiger partial charge on any atom is 0.195 e. The Morgan fingerprint density at radius 3 is 3.14 bits per heavy atom. The molecular weight excluding hydrogens is 198 g/mol. The summed E-state index contributed by atoms with van der Waals surface area (Å²) >= 11 is 5.13. The van der Waals surface area contributed by atoms with Gasteiger partial charge in [0.05, 0.1) is 0 Å². The van der Waals surface area contributed by atoms with Crippen molar-refractivity contribution in [2.45, 2.75) is 38.8 Å². The molecule has 1 aliphatic rings. The summed E-state index contributed by atoms with van der Waals surface area (Å²) < 4.78 is 2.60. The maximum atomic E-state index is 9.07. The zero-order valence-electron chi connectivity index (χ0n) is 8.23. The number of rotatable bonds is 4. The van der Waals surface area contributed by atoms with Gasteiger partial charge in [0.25, 0.3) is 0 Å². The quantitative estimate of drug-likeness (QED) is 0.750. The smallest absolute Gasteiger partial charge is 0.195 e. The third kappa shape index (κ3) is 1.62. The van der Waals surface area contributed by atoms with Gasteiger partial charge in [-0.3, -0.25) is 9.67 Å². The summed E-state index contributed by atoms with van der Waals surface area (Å²) in [6, 6.07) is 0.475. The van der Waals surface area contributed by atoms with Crippen molar-refractivity contribution in [2.24, 2.45) is 5.92 Å². The lowest BCUT2D eigenvalue weighted by Crippen LogP contribution is -2.03. The first kappa shape index (κ1) is 9.86. The fourth-order valence-corrected chi connectivity index (χ4v) is 2.31. The van der Waals surface area contributed by atoms with Crippen molar-refractivity contribution in [3.05, 3.63) is 10.6 Å². The molecule has 2 N–H and O–H groups in total. The highest BCUT2D eigenvalue weighted by molar-refractivity contribution is 7.71. The van der Waals surface area contributed by atoms with Crippen LogP contribution >= 0.6 is 12.2 Å². The largest absolute Gasteiger partial charge is 0.388 e. The number of H-pyrrole nitrogens is 1. The molecule has 1 heterocycles. The number of aromatic amines is 1. The van der Waals surface area contributed by atoms with Gasteiger partial charge in [0, 0.05) is 6.04 Å². The van der Waals surface area contributed by atoms with E-state index in [4.69, 9.17) is 17.3 Å². The summed E-state index contributed by atoms with van der Waals surface area (Å²) in [5.74, 6) is 1.40. The standard InChI is InChI=1S/C9H15N3OS/c1-2-3-6-4-7(6)12-8(5-13)10-11-9(12)14/h6-7,13H,2-5H2,1H3,(H,11,14). The first-order valence-electron chi connectivity index (χ1n) is 5.04. The van der Waals surface area contributed by atoms with Crippen molar-refractivity contribution in [3.8, 4) is 0 Å².